The summed E-state index contributed by atoms with van der Waals surface area (Å²) in [6.07, 6.45) is 5.40. The molecule has 3 heterocycles. The van der Waals surface area contributed by atoms with E-state index in [9.17, 15) is 13.2 Å². The third-order valence-corrected chi connectivity index (χ3v) is 7.72. The Balaban J connectivity index is 1.36. The summed E-state index contributed by atoms with van der Waals surface area (Å²) >= 11 is 0. The zero-order valence-electron chi connectivity index (χ0n) is 15.6. The number of rotatable bonds is 3. The topological polar surface area (TPSA) is 73.0 Å². The van der Waals surface area contributed by atoms with Crippen LogP contribution in [0.15, 0.2) is 24.3 Å². The number of carbonyl (C=O) groups is 1. The molecular formula is C19H28N4O3S. The summed E-state index contributed by atoms with van der Waals surface area (Å²) in [5.74, 6) is 0.207. The lowest BCUT2D eigenvalue weighted by atomic mass is 10.0. The number of sulfonamides is 1. The average Bonchev–Trinajstić information content (AvgIpc) is 3.32. The fraction of sp³-hybridized carbons (Fsp3) is 0.632. The molecule has 7 nitrogen and oxygen atoms in total. The molecule has 0 aromatic heterocycles. The number of urea groups is 1. The van der Waals surface area contributed by atoms with Gasteiger partial charge in [-0.15, -0.1) is 0 Å². The fourth-order valence-electron chi connectivity index (χ4n) is 4.39. The van der Waals surface area contributed by atoms with Gasteiger partial charge in [0.05, 0.1) is 11.4 Å². The maximum absolute atomic E-state index is 12.7. The summed E-state index contributed by atoms with van der Waals surface area (Å²) in [7, 11) is -3.17. The molecule has 0 saturated carbocycles. The lowest BCUT2D eigenvalue weighted by Crippen LogP contribution is -2.50. The molecular weight excluding hydrogens is 364 g/mol. The van der Waals surface area contributed by atoms with Crippen LogP contribution < -0.4 is 9.62 Å². The second-order valence-electron chi connectivity index (χ2n) is 7.70. The molecule has 1 aromatic rings. The van der Waals surface area contributed by atoms with Crippen LogP contribution in [0.4, 0.5) is 16.2 Å². The summed E-state index contributed by atoms with van der Waals surface area (Å²) in [5, 5.41) is 2.96. The zero-order valence-corrected chi connectivity index (χ0v) is 16.5. The van der Waals surface area contributed by atoms with Gasteiger partial charge in [0, 0.05) is 31.4 Å². The van der Waals surface area contributed by atoms with E-state index in [4.69, 9.17) is 0 Å². The van der Waals surface area contributed by atoms with Crippen LogP contribution in [0.3, 0.4) is 0 Å². The van der Waals surface area contributed by atoms with Gasteiger partial charge in [0.25, 0.3) is 0 Å². The van der Waals surface area contributed by atoms with Crippen molar-refractivity contribution in [2.75, 3.05) is 48.1 Å². The summed E-state index contributed by atoms with van der Waals surface area (Å²) in [6, 6.07) is 7.50. The summed E-state index contributed by atoms with van der Waals surface area (Å²) in [4.78, 5) is 17.1. The summed E-state index contributed by atoms with van der Waals surface area (Å²) in [6.45, 7) is 4.41. The Bertz CT molecular complexity index is 775. The number of hydrogen-bond acceptors (Lipinski definition) is 4. The molecule has 8 heteroatoms. The fourth-order valence-corrected chi connectivity index (χ4v) is 5.95. The predicted molar refractivity (Wildman–Crippen MR) is 107 cm³/mol. The smallest absolute Gasteiger partial charge is 0.321 e. The van der Waals surface area contributed by atoms with Gasteiger partial charge in [-0.05, 0) is 69.5 Å². The molecule has 1 N–H and O–H groups in total. The first-order valence-corrected chi connectivity index (χ1v) is 11.5. The maximum atomic E-state index is 12.7. The standard InChI is InChI=1S/C19H28N4O3S/c24-19(22-12-3-5-18(15-22)21-10-1-2-11-21)20-16-6-8-17(9-7-16)23-13-4-14-27(23,25)26/h6-9,18H,1-5,10-15H2,(H,20,24). The van der Waals surface area contributed by atoms with E-state index >= 15 is 0 Å². The molecule has 3 fully saturated rings. The van der Waals surface area contributed by atoms with Crippen molar-refractivity contribution in [1.29, 1.82) is 0 Å². The van der Waals surface area contributed by atoms with Crippen molar-refractivity contribution in [1.82, 2.24) is 9.80 Å². The van der Waals surface area contributed by atoms with Crippen LogP contribution >= 0.6 is 0 Å². The monoisotopic (exact) mass is 392 g/mol. The van der Waals surface area contributed by atoms with E-state index in [1.54, 1.807) is 24.3 Å². The third kappa shape index (κ3) is 4.06. The molecule has 3 aliphatic heterocycles. The highest BCUT2D eigenvalue weighted by Gasteiger charge is 2.30. The Morgan fingerprint density at radius 3 is 2.37 bits per heavy atom. The van der Waals surface area contributed by atoms with Crippen molar-refractivity contribution >= 4 is 27.4 Å². The zero-order chi connectivity index (χ0) is 18.9. The molecule has 0 spiro atoms. The lowest BCUT2D eigenvalue weighted by molar-refractivity contribution is 0.132. The van der Waals surface area contributed by atoms with Gasteiger partial charge in [-0.1, -0.05) is 0 Å². The van der Waals surface area contributed by atoms with Crippen LogP contribution in [0, 0.1) is 0 Å². The van der Waals surface area contributed by atoms with Gasteiger partial charge in [-0.3, -0.25) is 9.21 Å². The van der Waals surface area contributed by atoms with E-state index < -0.39 is 10.0 Å². The van der Waals surface area contributed by atoms with Crippen molar-refractivity contribution in [2.45, 2.75) is 38.1 Å². The summed E-state index contributed by atoms with van der Waals surface area (Å²) < 4.78 is 25.5. The van der Waals surface area contributed by atoms with Gasteiger partial charge in [0.2, 0.25) is 10.0 Å². The Labute approximate surface area is 161 Å². The third-order valence-electron chi connectivity index (χ3n) is 5.85. The lowest BCUT2D eigenvalue weighted by Gasteiger charge is -2.37. The van der Waals surface area contributed by atoms with Crippen molar-refractivity contribution in [2.24, 2.45) is 0 Å². The normalized spacial score (nSPS) is 25.7. The van der Waals surface area contributed by atoms with E-state index in [2.05, 4.69) is 10.2 Å². The molecule has 148 valence electrons. The minimum absolute atomic E-state index is 0.0690. The van der Waals surface area contributed by atoms with Crippen LogP contribution in [0.1, 0.15) is 32.1 Å². The van der Waals surface area contributed by atoms with Crippen LogP contribution in [0.25, 0.3) is 0 Å². The van der Waals surface area contributed by atoms with Gasteiger partial charge in [-0.25, -0.2) is 13.2 Å². The Morgan fingerprint density at radius 1 is 0.963 bits per heavy atom. The van der Waals surface area contributed by atoms with E-state index in [1.807, 2.05) is 4.90 Å². The minimum Gasteiger partial charge on any atom is -0.323 e. The number of nitrogens with one attached hydrogen (secondary N) is 1. The number of hydrogen-bond donors (Lipinski definition) is 1. The molecule has 1 aromatic carbocycles. The van der Waals surface area contributed by atoms with Gasteiger partial charge in [0.15, 0.2) is 0 Å². The first kappa shape index (κ1) is 18.6. The van der Waals surface area contributed by atoms with Crippen LogP contribution in [0.5, 0.6) is 0 Å². The molecule has 0 aliphatic carbocycles. The number of amides is 2. The number of likely N-dealkylation sites (tertiary alicyclic amines) is 2. The minimum atomic E-state index is -3.17. The van der Waals surface area contributed by atoms with Gasteiger partial charge in [0.1, 0.15) is 0 Å². The molecule has 2 amide bonds. The highest BCUT2D eigenvalue weighted by Crippen LogP contribution is 2.26. The number of benzene rings is 1. The molecule has 3 saturated heterocycles. The number of nitrogens with zero attached hydrogens (tertiary/aromatic N) is 3. The second kappa shape index (κ2) is 7.67. The van der Waals surface area contributed by atoms with Gasteiger partial charge >= 0.3 is 6.03 Å². The molecule has 0 bridgehead atoms. The predicted octanol–water partition coefficient (Wildman–Crippen LogP) is 2.32. The van der Waals surface area contributed by atoms with Crippen molar-refractivity contribution in [3.8, 4) is 0 Å². The quantitative estimate of drug-likeness (QED) is 0.857. The van der Waals surface area contributed by atoms with Crippen molar-refractivity contribution < 1.29 is 13.2 Å². The van der Waals surface area contributed by atoms with E-state index in [-0.39, 0.29) is 11.8 Å². The van der Waals surface area contributed by atoms with Crippen molar-refractivity contribution in [3.63, 3.8) is 0 Å². The second-order valence-corrected chi connectivity index (χ2v) is 9.72. The molecule has 4 rings (SSSR count). The Kier molecular flexibility index (Phi) is 5.27. The number of carbonyl (C=O) groups excluding carboxylic acids is 1. The SMILES string of the molecule is O=C(Nc1ccc(N2CCCS2(=O)=O)cc1)N1CCCC(N2CCCC2)C1. The number of piperidine rings is 1. The maximum Gasteiger partial charge on any atom is 0.321 e. The van der Waals surface area contributed by atoms with Crippen LogP contribution in [-0.4, -0.2) is 68.8 Å². The largest absolute Gasteiger partial charge is 0.323 e. The first-order chi connectivity index (χ1) is 13.0. The van der Waals surface area contributed by atoms with Gasteiger partial charge in [-0.2, -0.15) is 0 Å². The number of anilines is 2. The van der Waals surface area contributed by atoms with E-state index in [0.717, 1.165) is 32.6 Å². The Hall–Kier alpha value is -1.80. The van der Waals surface area contributed by atoms with E-state index in [0.29, 0.717) is 30.4 Å². The molecule has 1 unspecified atom stereocenters. The molecule has 3 aliphatic rings. The van der Waals surface area contributed by atoms with E-state index in [1.165, 1.54) is 23.6 Å². The Morgan fingerprint density at radius 2 is 1.70 bits per heavy atom. The highest BCUT2D eigenvalue weighted by molar-refractivity contribution is 7.93. The van der Waals surface area contributed by atoms with Gasteiger partial charge < -0.3 is 10.2 Å². The molecule has 1 atom stereocenters. The van der Waals surface area contributed by atoms with Crippen LogP contribution in [0.2, 0.25) is 0 Å². The highest BCUT2D eigenvalue weighted by atomic mass is 32.2. The van der Waals surface area contributed by atoms with Crippen molar-refractivity contribution in [3.05, 3.63) is 24.3 Å². The summed E-state index contributed by atoms with van der Waals surface area (Å²) in [5.41, 5.74) is 1.36. The van der Waals surface area contributed by atoms with Crippen LogP contribution in [-0.2, 0) is 10.0 Å². The molecule has 27 heavy (non-hydrogen) atoms. The average molecular weight is 393 g/mol. The first-order valence-electron chi connectivity index (χ1n) is 9.93. The molecule has 0 radical (unpaired) electrons.